The Bertz CT molecular complexity index is 959. The summed E-state index contributed by atoms with van der Waals surface area (Å²) in [6.45, 7) is 3.73. The van der Waals surface area contributed by atoms with Gasteiger partial charge in [-0.25, -0.2) is 4.98 Å². The molecule has 0 N–H and O–H groups in total. The summed E-state index contributed by atoms with van der Waals surface area (Å²) >= 11 is 14.9. The van der Waals surface area contributed by atoms with Crippen molar-refractivity contribution in [3.05, 3.63) is 38.5 Å². The number of carbonyl (C=O) groups is 1. The van der Waals surface area contributed by atoms with Gasteiger partial charge in [-0.1, -0.05) is 34.5 Å². The number of ether oxygens (including phenoxy) is 1. The van der Waals surface area contributed by atoms with E-state index in [1.807, 2.05) is 44.1 Å². The van der Waals surface area contributed by atoms with Crippen molar-refractivity contribution in [3.63, 3.8) is 0 Å². The quantitative estimate of drug-likeness (QED) is 0.435. The van der Waals surface area contributed by atoms with E-state index < -0.39 is 0 Å². The molecule has 10 heteroatoms. The Kier molecular flexibility index (Phi) is 8.36. The lowest BCUT2D eigenvalue weighted by atomic mass is 10.3. The number of thiophene rings is 1. The average Bonchev–Trinajstić information content (AvgIpc) is 3.17. The highest BCUT2D eigenvalue weighted by Crippen LogP contribution is 2.35. The maximum atomic E-state index is 13.2. The van der Waals surface area contributed by atoms with Crippen molar-refractivity contribution in [3.8, 4) is 5.75 Å². The highest BCUT2D eigenvalue weighted by Gasteiger charge is 2.25. The number of anilines is 1. The number of aromatic nitrogens is 1. The first-order valence-corrected chi connectivity index (χ1v) is 10.7. The van der Waals surface area contributed by atoms with Crippen molar-refractivity contribution in [2.75, 3.05) is 38.7 Å². The number of hydrogen-bond acceptors (Lipinski definition) is 6. The van der Waals surface area contributed by atoms with E-state index in [-0.39, 0.29) is 18.3 Å². The molecule has 0 saturated carbocycles. The highest BCUT2D eigenvalue weighted by molar-refractivity contribution is 7.22. The second-order valence-electron chi connectivity index (χ2n) is 6.06. The Morgan fingerprint density at radius 1 is 1.18 bits per heavy atom. The van der Waals surface area contributed by atoms with Gasteiger partial charge in [0.2, 0.25) is 0 Å². The molecule has 3 aromatic rings. The fourth-order valence-electron chi connectivity index (χ4n) is 2.48. The van der Waals surface area contributed by atoms with E-state index in [1.165, 1.54) is 22.7 Å². The summed E-state index contributed by atoms with van der Waals surface area (Å²) in [6.07, 6.45) is 0. The highest BCUT2D eigenvalue weighted by atomic mass is 35.5. The van der Waals surface area contributed by atoms with Crippen LogP contribution in [0.15, 0.2) is 24.3 Å². The Labute approximate surface area is 188 Å². The number of rotatable bonds is 7. The number of halogens is 3. The Balaban J connectivity index is 0.00000280. The molecule has 5 nitrogen and oxygen atoms in total. The zero-order chi connectivity index (χ0) is 19.6. The Hall–Kier alpha value is -1.09. The summed E-state index contributed by atoms with van der Waals surface area (Å²) in [5.41, 5.74) is 1.23. The SMILES string of the molecule is CCOc1ccc2nc(N(CCN(C)C)C(=O)c3cc(Cl)sc3Cl)sc2c1.Cl. The van der Waals surface area contributed by atoms with Crippen LogP contribution in [0.25, 0.3) is 10.2 Å². The minimum absolute atomic E-state index is 0. The summed E-state index contributed by atoms with van der Waals surface area (Å²) in [5, 5.41) is 0.629. The minimum Gasteiger partial charge on any atom is -0.494 e. The number of likely N-dealkylation sites (N-methyl/N-ethyl adjacent to an activating group) is 1. The molecule has 28 heavy (non-hydrogen) atoms. The third-order valence-corrected chi connectivity index (χ3v) is 6.32. The van der Waals surface area contributed by atoms with Crippen molar-refractivity contribution in [2.24, 2.45) is 0 Å². The number of amides is 1. The molecule has 0 saturated heterocycles. The van der Waals surface area contributed by atoms with Crippen LogP contribution < -0.4 is 9.64 Å². The van der Waals surface area contributed by atoms with Gasteiger partial charge in [0.1, 0.15) is 10.1 Å². The van der Waals surface area contributed by atoms with Crippen LogP contribution in [-0.2, 0) is 0 Å². The molecule has 1 amide bonds. The summed E-state index contributed by atoms with van der Waals surface area (Å²) in [6, 6.07) is 7.35. The monoisotopic (exact) mass is 479 g/mol. The van der Waals surface area contributed by atoms with E-state index in [9.17, 15) is 4.79 Å². The van der Waals surface area contributed by atoms with Crippen molar-refractivity contribution >= 4 is 79.5 Å². The minimum atomic E-state index is -0.200. The normalized spacial score (nSPS) is 10.9. The Morgan fingerprint density at radius 2 is 1.93 bits per heavy atom. The molecule has 3 rings (SSSR count). The van der Waals surface area contributed by atoms with Gasteiger partial charge in [-0.2, -0.15) is 0 Å². The van der Waals surface area contributed by atoms with E-state index in [0.29, 0.717) is 39.1 Å². The molecule has 0 aliphatic carbocycles. The zero-order valence-corrected chi connectivity index (χ0v) is 19.5. The van der Waals surface area contributed by atoms with Gasteiger partial charge in [0.25, 0.3) is 5.91 Å². The van der Waals surface area contributed by atoms with Crippen LogP contribution in [-0.4, -0.2) is 49.6 Å². The molecular weight excluding hydrogens is 461 g/mol. The van der Waals surface area contributed by atoms with Gasteiger partial charge in [0.05, 0.1) is 26.7 Å². The third-order valence-electron chi connectivity index (χ3n) is 3.79. The molecule has 0 atom stereocenters. The third kappa shape index (κ3) is 5.28. The first-order chi connectivity index (χ1) is 12.9. The molecule has 1 aromatic carbocycles. The summed E-state index contributed by atoms with van der Waals surface area (Å²) < 4.78 is 7.40. The van der Waals surface area contributed by atoms with Crippen molar-refractivity contribution in [2.45, 2.75) is 6.92 Å². The number of nitrogens with zero attached hydrogens (tertiary/aromatic N) is 3. The van der Waals surface area contributed by atoms with Crippen molar-refractivity contribution in [1.29, 1.82) is 0 Å². The predicted octanol–water partition coefficient (Wildman–Crippen LogP) is 5.69. The number of benzene rings is 1. The molecule has 2 aromatic heterocycles. The molecule has 0 fully saturated rings. The topological polar surface area (TPSA) is 45.7 Å². The Morgan fingerprint density at radius 3 is 2.54 bits per heavy atom. The molecule has 0 radical (unpaired) electrons. The lowest BCUT2D eigenvalue weighted by molar-refractivity contribution is 0.0986. The molecule has 0 unspecified atom stereocenters. The number of fused-ring (bicyclic) bond motifs is 1. The molecule has 0 aliphatic heterocycles. The number of carbonyl (C=O) groups excluding carboxylic acids is 1. The average molecular weight is 481 g/mol. The van der Waals surface area contributed by atoms with Crippen LogP contribution in [0.2, 0.25) is 8.67 Å². The standard InChI is InChI=1S/C18H19Cl2N3O2S2.ClH/c1-4-25-11-5-6-13-14(9-11)26-18(21-13)23(8-7-22(2)3)17(24)12-10-15(19)27-16(12)20;/h5-6,9-10H,4,7-8H2,1-3H3;1H. The van der Waals surface area contributed by atoms with Crippen LogP contribution in [0.1, 0.15) is 17.3 Å². The summed E-state index contributed by atoms with van der Waals surface area (Å²) in [5.74, 6) is 0.591. The first kappa shape index (κ1) is 23.2. The fourth-order valence-corrected chi connectivity index (χ4v) is 4.95. The summed E-state index contributed by atoms with van der Waals surface area (Å²) in [7, 11) is 3.92. The second kappa shape index (κ2) is 10.1. The van der Waals surface area contributed by atoms with E-state index in [0.717, 1.165) is 16.0 Å². The van der Waals surface area contributed by atoms with Gasteiger partial charge in [0.15, 0.2) is 5.13 Å². The van der Waals surface area contributed by atoms with Crippen LogP contribution in [0.3, 0.4) is 0 Å². The molecule has 0 aliphatic rings. The van der Waals surface area contributed by atoms with Crippen LogP contribution >= 0.6 is 58.3 Å². The second-order valence-corrected chi connectivity index (χ2v) is 9.35. The summed E-state index contributed by atoms with van der Waals surface area (Å²) in [4.78, 5) is 21.5. The van der Waals surface area contributed by atoms with E-state index in [2.05, 4.69) is 4.98 Å². The van der Waals surface area contributed by atoms with E-state index in [1.54, 1.807) is 11.0 Å². The van der Waals surface area contributed by atoms with Gasteiger partial charge < -0.3 is 9.64 Å². The molecule has 0 bridgehead atoms. The van der Waals surface area contributed by atoms with Crippen LogP contribution in [0.5, 0.6) is 5.75 Å². The van der Waals surface area contributed by atoms with Gasteiger partial charge in [-0.05, 0) is 45.3 Å². The van der Waals surface area contributed by atoms with E-state index in [4.69, 9.17) is 27.9 Å². The van der Waals surface area contributed by atoms with Crippen molar-refractivity contribution in [1.82, 2.24) is 9.88 Å². The molecule has 152 valence electrons. The first-order valence-electron chi connectivity index (χ1n) is 8.34. The largest absolute Gasteiger partial charge is 0.494 e. The zero-order valence-electron chi connectivity index (χ0n) is 15.6. The van der Waals surface area contributed by atoms with Gasteiger partial charge in [-0.3, -0.25) is 9.69 Å². The van der Waals surface area contributed by atoms with E-state index >= 15 is 0 Å². The number of hydrogen-bond donors (Lipinski definition) is 0. The predicted molar refractivity (Wildman–Crippen MR) is 123 cm³/mol. The molecule has 2 heterocycles. The fraction of sp³-hybridized carbons (Fsp3) is 0.333. The van der Waals surface area contributed by atoms with Crippen LogP contribution in [0, 0.1) is 0 Å². The lowest BCUT2D eigenvalue weighted by Crippen LogP contribution is -2.36. The maximum Gasteiger partial charge on any atom is 0.262 e. The molecular formula is C18H20Cl3N3O2S2. The lowest BCUT2D eigenvalue weighted by Gasteiger charge is -2.21. The van der Waals surface area contributed by atoms with Crippen molar-refractivity contribution < 1.29 is 9.53 Å². The van der Waals surface area contributed by atoms with Gasteiger partial charge in [-0.15, -0.1) is 23.7 Å². The van der Waals surface area contributed by atoms with Gasteiger partial charge in [0, 0.05) is 13.1 Å². The number of thiazole rings is 1. The smallest absolute Gasteiger partial charge is 0.262 e. The molecule has 0 spiro atoms. The van der Waals surface area contributed by atoms with Crippen LogP contribution in [0.4, 0.5) is 5.13 Å². The van der Waals surface area contributed by atoms with Gasteiger partial charge >= 0.3 is 0 Å². The maximum absolute atomic E-state index is 13.2.